The Kier molecular flexibility index (Phi) is 5.24. The smallest absolute Gasteiger partial charge is 0.176 e. The zero-order chi connectivity index (χ0) is 12.3. The summed E-state index contributed by atoms with van der Waals surface area (Å²) >= 11 is 0. The predicted molar refractivity (Wildman–Crippen MR) is 72.6 cm³/mol. The minimum atomic E-state index is -0.176. The van der Waals surface area contributed by atoms with Gasteiger partial charge in [-0.3, -0.25) is 5.32 Å². The second-order valence-corrected chi connectivity index (χ2v) is 6.54. The third kappa shape index (κ3) is 6.88. The molecular formula is C12H25NOS. The van der Waals surface area contributed by atoms with Gasteiger partial charge in [-0.25, -0.2) is 0 Å². The molecule has 0 aliphatic carbocycles. The number of nitrogens with one attached hydrogen (secondary N) is 1. The van der Waals surface area contributed by atoms with Crippen LogP contribution >= 0.6 is 10.9 Å². The molecular weight excluding hydrogens is 206 g/mol. The van der Waals surface area contributed by atoms with Gasteiger partial charge in [0.05, 0.1) is 5.60 Å². The second-order valence-electron chi connectivity index (χ2n) is 5.88. The Bertz CT molecular complexity index is 254. The first-order valence-electron chi connectivity index (χ1n) is 5.31. The maximum Gasteiger partial charge on any atom is 0.176 e. The van der Waals surface area contributed by atoms with Crippen molar-refractivity contribution >= 4 is 22.0 Å². The topological polar surface area (TPSA) is 21.3 Å². The highest BCUT2D eigenvalue weighted by atomic mass is 32.1. The van der Waals surface area contributed by atoms with Crippen molar-refractivity contribution in [3.63, 3.8) is 0 Å². The van der Waals surface area contributed by atoms with Crippen molar-refractivity contribution in [2.75, 3.05) is 0 Å². The Hall–Kier alpha value is -0.120. The van der Waals surface area contributed by atoms with E-state index in [9.17, 15) is 0 Å². The summed E-state index contributed by atoms with van der Waals surface area (Å²) < 4.78 is 5.76. The lowest BCUT2D eigenvalue weighted by atomic mass is 9.88. The van der Waals surface area contributed by atoms with Crippen LogP contribution < -0.4 is 5.32 Å². The average molecular weight is 231 g/mol. The number of rotatable bonds is 1. The molecule has 0 bridgehead atoms. The largest absolute Gasteiger partial charge is 0.321 e. The van der Waals surface area contributed by atoms with Gasteiger partial charge in [-0.05, 0) is 39.0 Å². The Morgan fingerprint density at radius 1 is 1.20 bits per heavy atom. The van der Waals surface area contributed by atoms with Gasteiger partial charge < -0.3 is 4.74 Å². The monoisotopic (exact) mass is 231 g/mol. The molecule has 90 valence electrons. The highest BCUT2D eigenvalue weighted by Gasteiger charge is 2.22. The molecule has 3 heteroatoms. The van der Waals surface area contributed by atoms with Gasteiger partial charge in [-0.15, -0.1) is 10.9 Å². The highest BCUT2D eigenvalue weighted by molar-refractivity contribution is 7.95. The Morgan fingerprint density at radius 3 is 1.93 bits per heavy atom. The van der Waals surface area contributed by atoms with Gasteiger partial charge in [0, 0.05) is 6.04 Å². The van der Waals surface area contributed by atoms with Crippen molar-refractivity contribution in [3.8, 4) is 0 Å². The van der Waals surface area contributed by atoms with E-state index in [-0.39, 0.29) is 11.0 Å². The molecule has 0 fully saturated rings. The van der Waals surface area contributed by atoms with Crippen LogP contribution in [-0.2, 0) is 4.74 Å². The van der Waals surface area contributed by atoms with Crippen LogP contribution in [0.15, 0.2) is 0 Å². The van der Waals surface area contributed by atoms with Crippen molar-refractivity contribution in [1.82, 2.24) is 5.32 Å². The fourth-order valence-corrected chi connectivity index (χ4v) is 1.34. The molecule has 0 saturated heterocycles. The predicted octanol–water partition coefficient (Wildman–Crippen LogP) is 3.08. The minimum absolute atomic E-state index is 0.176. The summed E-state index contributed by atoms with van der Waals surface area (Å²) in [6, 6.07) is 0.351. The van der Waals surface area contributed by atoms with Gasteiger partial charge in [0.15, 0.2) is 5.17 Å². The number of ether oxygens (including phenoxy) is 1. The van der Waals surface area contributed by atoms with Crippen molar-refractivity contribution in [3.05, 3.63) is 0 Å². The lowest BCUT2D eigenvalue weighted by molar-refractivity contribution is 0.110. The first-order valence-corrected chi connectivity index (χ1v) is 6.29. The fourth-order valence-electron chi connectivity index (χ4n) is 0.772. The van der Waals surface area contributed by atoms with E-state index >= 15 is 0 Å². The van der Waals surface area contributed by atoms with Gasteiger partial charge in [-0.2, -0.15) is 0 Å². The third-order valence-electron chi connectivity index (χ3n) is 2.16. The zero-order valence-electron chi connectivity index (χ0n) is 11.1. The summed E-state index contributed by atoms with van der Waals surface area (Å²) in [4.78, 5) is 0. The summed E-state index contributed by atoms with van der Waals surface area (Å²) in [6.07, 6.45) is 0. The Morgan fingerprint density at radius 2 is 1.67 bits per heavy atom. The molecule has 1 atom stereocenters. The molecule has 0 radical (unpaired) electrons. The molecule has 0 rings (SSSR count). The Labute approximate surface area is 97.9 Å². The minimum Gasteiger partial charge on any atom is -0.321 e. The molecule has 0 spiro atoms. The highest BCUT2D eigenvalue weighted by Crippen LogP contribution is 2.19. The molecule has 0 saturated carbocycles. The molecule has 0 aromatic heterocycles. The average Bonchev–Trinajstić information content (AvgIpc) is 1.98. The molecule has 0 amide bonds. The van der Waals surface area contributed by atoms with Gasteiger partial charge in [0.25, 0.3) is 0 Å². The van der Waals surface area contributed by atoms with Crippen LogP contribution in [0.1, 0.15) is 48.5 Å². The molecule has 0 unspecified atom stereocenters. The summed E-state index contributed by atoms with van der Waals surface area (Å²) in [5, 5.41) is 4.15. The van der Waals surface area contributed by atoms with Gasteiger partial charge in [-0.1, -0.05) is 20.8 Å². The maximum atomic E-state index is 5.76. The zero-order valence-corrected chi connectivity index (χ0v) is 11.9. The van der Waals surface area contributed by atoms with Crippen LogP contribution in [0.4, 0.5) is 0 Å². The molecule has 0 heterocycles. The molecule has 0 aromatic rings. The lowest BCUT2D eigenvalue weighted by Gasteiger charge is -2.30. The molecule has 15 heavy (non-hydrogen) atoms. The molecule has 0 aromatic carbocycles. The molecule has 2 nitrogen and oxygen atoms in total. The quantitative estimate of drug-likeness (QED) is 0.700. The van der Waals surface area contributed by atoms with E-state index in [1.807, 2.05) is 20.8 Å². The normalized spacial score (nSPS) is 14.9. The van der Waals surface area contributed by atoms with Crippen molar-refractivity contribution in [2.24, 2.45) is 5.41 Å². The standard InChI is InChI=1S/C12H25NOS/c1-9(11(2,3)4)13-10(15-8)14-12(5,6)7/h9,13H,8H2,1-7H3/t9-/m0/s1. The van der Waals surface area contributed by atoms with Gasteiger partial charge in [0.2, 0.25) is 0 Å². The molecule has 1 N–H and O–H groups in total. The third-order valence-corrected chi connectivity index (χ3v) is 2.63. The van der Waals surface area contributed by atoms with E-state index in [0.29, 0.717) is 6.04 Å². The Balaban J connectivity index is 4.45. The molecule has 0 aliphatic rings. The van der Waals surface area contributed by atoms with E-state index in [4.69, 9.17) is 4.74 Å². The first kappa shape index (κ1) is 14.9. The molecule has 0 aliphatic heterocycles. The van der Waals surface area contributed by atoms with Crippen LogP contribution in [0.2, 0.25) is 0 Å². The van der Waals surface area contributed by atoms with E-state index in [1.165, 1.54) is 10.9 Å². The fraction of sp³-hybridized carbons (Fsp3) is 0.833. The summed E-state index contributed by atoms with van der Waals surface area (Å²) in [5.74, 6) is 3.80. The van der Waals surface area contributed by atoms with E-state index in [2.05, 4.69) is 38.9 Å². The van der Waals surface area contributed by atoms with Crippen molar-refractivity contribution < 1.29 is 4.74 Å². The van der Waals surface area contributed by atoms with E-state index in [0.717, 1.165) is 5.17 Å². The first-order chi connectivity index (χ1) is 6.56. The van der Waals surface area contributed by atoms with Crippen LogP contribution in [-0.4, -0.2) is 22.7 Å². The lowest BCUT2D eigenvalue weighted by Crippen LogP contribution is -2.43. The number of hydrogen-bond donors (Lipinski definition) is 1. The van der Waals surface area contributed by atoms with E-state index in [1.54, 1.807) is 0 Å². The summed E-state index contributed by atoms with van der Waals surface area (Å²) in [5.41, 5.74) is 0.0346. The van der Waals surface area contributed by atoms with Crippen molar-refractivity contribution in [1.29, 1.82) is 0 Å². The van der Waals surface area contributed by atoms with Gasteiger partial charge >= 0.3 is 0 Å². The number of hydrogen-bond acceptors (Lipinski definition) is 1. The van der Waals surface area contributed by atoms with E-state index < -0.39 is 0 Å². The van der Waals surface area contributed by atoms with Gasteiger partial charge in [0.1, 0.15) is 0 Å². The van der Waals surface area contributed by atoms with Crippen LogP contribution in [0.5, 0.6) is 0 Å². The maximum absolute atomic E-state index is 5.76. The summed E-state index contributed by atoms with van der Waals surface area (Å²) in [7, 11) is 1.37. The van der Waals surface area contributed by atoms with Crippen LogP contribution in [0.25, 0.3) is 0 Å². The summed E-state index contributed by atoms with van der Waals surface area (Å²) in [6.45, 7) is 14.9. The SMILES string of the molecule is C=S=C(N[C@@H](C)C(C)(C)C)OC(C)(C)C. The second kappa shape index (κ2) is 5.28. The van der Waals surface area contributed by atoms with Crippen LogP contribution in [0.3, 0.4) is 0 Å². The van der Waals surface area contributed by atoms with Crippen LogP contribution in [0, 0.1) is 5.41 Å². The van der Waals surface area contributed by atoms with Crippen molar-refractivity contribution in [2.45, 2.75) is 60.1 Å².